The molecule has 0 bridgehead atoms. The van der Waals surface area contributed by atoms with Gasteiger partial charge in [0.05, 0.1) is 20.0 Å². The number of ether oxygens (including phenoxy) is 1. The molecular formula is C27H33F2N7O4. The molecule has 4 rings (SSSR count). The van der Waals surface area contributed by atoms with Crippen molar-refractivity contribution in [2.75, 3.05) is 33.3 Å². The highest BCUT2D eigenvalue weighted by atomic mass is 19.1. The fourth-order valence-corrected chi connectivity index (χ4v) is 3.35. The van der Waals surface area contributed by atoms with Crippen LogP contribution in [-0.2, 0) is 16.2 Å². The lowest BCUT2D eigenvalue weighted by Crippen LogP contribution is -2.25. The molecule has 0 saturated carbocycles. The molecule has 3 aromatic rings. The Morgan fingerprint density at radius 2 is 1.80 bits per heavy atom. The summed E-state index contributed by atoms with van der Waals surface area (Å²) in [7, 11) is 5.66. The van der Waals surface area contributed by atoms with Crippen LogP contribution >= 0.6 is 0 Å². The van der Waals surface area contributed by atoms with Crippen molar-refractivity contribution in [2.24, 2.45) is 5.16 Å². The molecule has 1 N–H and O–H groups in total. The van der Waals surface area contributed by atoms with Gasteiger partial charge in [-0.25, -0.2) is 14.4 Å². The number of alkyl halides is 1. The van der Waals surface area contributed by atoms with Gasteiger partial charge in [-0.05, 0) is 56.7 Å². The largest absolute Gasteiger partial charge is 0.494 e. The van der Waals surface area contributed by atoms with Gasteiger partial charge in [0, 0.05) is 27.1 Å². The summed E-state index contributed by atoms with van der Waals surface area (Å²) in [5.41, 5.74) is 2.63. The Morgan fingerprint density at radius 3 is 2.40 bits per heavy atom. The number of anilines is 1. The number of nitrogens with one attached hydrogen (secondary N) is 1. The van der Waals surface area contributed by atoms with Gasteiger partial charge in [-0.3, -0.25) is 9.18 Å². The first-order valence-corrected chi connectivity index (χ1v) is 12.1. The van der Waals surface area contributed by atoms with Gasteiger partial charge < -0.3 is 24.6 Å². The molecule has 0 saturated heterocycles. The lowest BCUT2D eigenvalue weighted by atomic mass is 10.1. The highest BCUT2D eigenvalue weighted by Gasteiger charge is 2.27. The van der Waals surface area contributed by atoms with Crippen LogP contribution in [0.15, 0.2) is 41.6 Å². The highest BCUT2D eigenvalue weighted by Crippen LogP contribution is 2.28. The first-order chi connectivity index (χ1) is 19.1. The zero-order chi connectivity index (χ0) is 29.8. The lowest BCUT2D eigenvalue weighted by molar-refractivity contribution is -0.115. The second-order valence-corrected chi connectivity index (χ2v) is 8.79. The Morgan fingerprint density at radius 1 is 1.10 bits per heavy atom. The summed E-state index contributed by atoms with van der Waals surface area (Å²) in [5, 5.41) is 15.3. The molecule has 0 aliphatic carbocycles. The molecule has 0 radical (unpaired) electrons. The minimum absolute atomic E-state index is 0.113. The van der Waals surface area contributed by atoms with E-state index in [2.05, 4.69) is 30.6 Å². The number of benzene rings is 1. The lowest BCUT2D eigenvalue weighted by Gasteiger charge is -2.11. The van der Waals surface area contributed by atoms with Gasteiger partial charge in [0.2, 0.25) is 0 Å². The van der Waals surface area contributed by atoms with E-state index in [9.17, 15) is 18.4 Å². The Bertz CT molecular complexity index is 1330. The summed E-state index contributed by atoms with van der Waals surface area (Å²) in [5.74, 6) is 0.584. The number of hydrogen-bond acceptors (Lipinski definition) is 10. The van der Waals surface area contributed by atoms with E-state index in [0.29, 0.717) is 42.1 Å². The first kappa shape index (κ1) is 31.7. The van der Waals surface area contributed by atoms with E-state index in [1.165, 1.54) is 33.1 Å². The zero-order valence-electron chi connectivity index (χ0n) is 23.5. The van der Waals surface area contributed by atoms with Crippen molar-refractivity contribution in [2.45, 2.75) is 39.8 Å². The molecule has 2 aromatic heterocycles. The van der Waals surface area contributed by atoms with Crippen LogP contribution in [0, 0.1) is 12.7 Å². The number of aryl methyl sites for hydroxylation is 1. The normalized spacial score (nSPS) is 13.4. The Hall–Kier alpha value is -4.55. The average Bonchev–Trinajstić information content (AvgIpc) is 3.43. The van der Waals surface area contributed by atoms with Crippen molar-refractivity contribution in [1.82, 2.24) is 25.5 Å². The number of carbonyl (C=O) groups excluding carboxylic acids is 2. The molecule has 0 spiro atoms. The van der Waals surface area contributed by atoms with E-state index in [1.807, 2.05) is 31.1 Å². The van der Waals surface area contributed by atoms with E-state index in [4.69, 9.17) is 9.57 Å². The van der Waals surface area contributed by atoms with Crippen LogP contribution in [0.3, 0.4) is 0 Å². The number of rotatable bonds is 7. The Balaban J connectivity index is 0.000000858. The van der Waals surface area contributed by atoms with Gasteiger partial charge in [0.15, 0.2) is 23.5 Å². The number of Topliss-reactive ketones (excluding diaryl/α,β-unsaturated/α-hetero) is 1. The maximum atomic E-state index is 13.6. The summed E-state index contributed by atoms with van der Waals surface area (Å²) < 4.78 is 28.1. The van der Waals surface area contributed by atoms with Crippen molar-refractivity contribution >= 4 is 23.2 Å². The second kappa shape index (κ2) is 15.1. The summed E-state index contributed by atoms with van der Waals surface area (Å²) in [6.07, 6.45) is 0.0443. The fraction of sp³-hybridized carbons (Fsp3) is 0.370. The summed E-state index contributed by atoms with van der Waals surface area (Å²) in [6.45, 7) is 4.94. The van der Waals surface area contributed by atoms with Gasteiger partial charge in [0.1, 0.15) is 28.7 Å². The SMILES string of the molecule is CC(C)=O.CF.COc1cc(CNC(=O)c2cc(C3=NOC(c4ccc(N(C)C)nn4)C3)nc(C)n2)ccc1F. The monoisotopic (exact) mass is 557 g/mol. The summed E-state index contributed by atoms with van der Waals surface area (Å²) in [4.78, 5) is 38.2. The molecule has 1 aliphatic heterocycles. The van der Waals surface area contributed by atoms with Crippen LogP contribution in [0.25, 0.3) is 0 Å². The molecule has 1 unspecified atom stereocenters. The quantitative estimate of drug-likeness (QED) is 0.461. The van der Waals surface area contributed by atoms with E-state index in [-0.39, 0.29) is 29.9 Å². The van der Waals surface area contributed by atoms with Gasteiger partial charge in [-0.15, -0.1) is 10.2 Å². The number of hydrogen-bond donors (Lipinski definition) is 1. The fourth-order valence-electron chi connectivity index (χ4n) is 3.35. The predicted molar refractivity (Wildman–Crippen MR) is 146 cm³/mol. The minimum atomic E-state index is -0.467. The van der Waals surface area contributed by atoms with E-state index in [1.54, 1.807) is 19.1 Å². The van der Waals surface area contributed by atoms with Crippen molar-refractivity contribution in [3.05, 3.63) is 70.7 Å². The van der Waals surface area contributed by atoms with Crippen LogP contribution in [-0.4, -0.2) is 66.0 Å². The van der Waals surface area contributed by atoms with E-state index < -0.39 is 11.7 Å². The van der Waals surface area contributed by atoms with Gasteiger partial charge >= 0.3 is 0 Å². The van der Waals surface area contributed by atoms with Gasteiger partial charge in [-0.1, -0.05) is 11.2 Å². The molecule has 1 aromatic carbocycles. The number of methoxy groups -OCH3 is 1. The van der Waals surface area contributed by atoms with Gasteiger partial charge in [-0.2, -0.15) is 0 Å². The molecule has 40 heavy (non-hydrogen) atoms. The summed E-state index contributed by atoms with van der Waals surface area (Å²) >= 11 is 0. The number of nitrogens with zero attached hydrogens (tertiary/aromatic N) is 6. The minimum Gasteiger partial charge on any atom is -0.494 e. The highest BCUT2D eigenvalue weighted by molar-refractivity contribution is 6.02. The molecule has 214 valence electrons. The molecule has 11 nitrogen and oxygen atoms in total. The Labute approximate surface area is 231 Å². The van der Waals surface area contributed by atoms with Crippen LogP contribution < -0.4 is 15.0 Å². The average molecular weight is 558 g/mol. The molecule has 1 aliphatic rings. The molecule has 3 heterocycles. The van der Waals surface area contributed by atoms with Crippen molar-refractivity contribution < 1.29 is 27.9 Å². The maximum absolute atomic E-state index is 13.6. The molecule has 0 fully saturated rings. The van der Waals surface area contributed by atoms with Crippen molar-refractivity contribution in [1.29, 1.82) is 0 Å². The third-order valence-corrected chi connectivity index (χ3v) is 5.16. The van der Waals surface area contributed by atoms with Crippen LogP contribution in [0.5, 0.6) is 5.75 Å². The standard InChI is InChI=1S/C23H24FN7O3.C3H6O.CH3F/c1-13-26-17(18-11-21(34-30-18)16-7-8-22(29-28-16)31(2)3)10-19(27-13)23(32)25-12-14-5-6-15(24)20(9-14)33-4;1-3(2)4;1-2/h5-10,21H,11-12H2,1-4H3,(H,25,32);1-2H3;1H3. The number of amides is 1. The molecule has 13 heteroatoms. The zero-order valence-corrected chi connectivity index (χ0v) is 23.5. The van der Waals surface area contributed by atoms with E-state index in [0.717, 1.165) is 5.82 Å². The Kier molecular flexibility index (Phi) is 12.0. The number of oxime groups is 1. The maximum Gasteiger partial charge on any atom is 0.270 e. The van der Waals surface area contributed by atoms with Crippen LogP contribution in [0.2, 0.25) is 0 Å². The van der Waals surface area contributed by atoms with Crippen molar-refractivity contribution in [3.8, 4) is 5.75 Å². The number of carbonyl (C=O) groups is 2. The molecule has 1 amide bonds. The number of halogens is 2. The summed E-state index contributed by atoms with van der Waals surface area (Å²) in [6, 6.07) is 9.68. The second-order valence-electron chi connectivity index (χ2n) is 8.79. The smallest absolute Gasteiger partial charge is 0.270 e. The topological polar surface area (TPSA) is 132 Å². The van der Waals surface area contributed by atoms with Crippen molar-refractivity contribution in [3.63, 3.8) is 0 Å². The number of ketones is 1. The third kappa shape index (κ3) is 9.03. The third-order valence-electron chi connectivity index (χ3n) is 5.16. The molecular weight excluding hydrogens is 524 g/mol. The molecule has 1 atom stereocenters. The van der Waals surface area contributed by atoms with Crippen LogP contribution in [0.1, 0.15) is 59.6 Å². The van der Waals surface area contributed by atoms with Crippen LogP contribution in [0.4, 0.5) is 14.6 Å². The predicted octanol–water partition coefficient (Wildman–Crippen LogP) is 3.77. The van der Waals surface area contributed by atoms with E-state index >= 15 is 0 Å². The number of aromatic nitrogens is 4. The first-order valence-electron chi connectivity index (χ1n) is 12.1. The van der Waals surface area contributed by atoms with Gasteiger partial charge in [0.25, 0.3) is 5.91 Å².